The van der Waals surface area contributed by atoms with Crippen LogP contribution in [-0.4, -0.2) is 107 Å². The summed E-state index contributed by atoms with van der Waals surface area (Å²) in [4.78, 5) is 0. The Labute approximate surface area is 142 Å². The van der Waals surface area contributed by atoms with Crippen molar-refractivity contribution in [3.8, 4) is 0 Å². The first-order valence-electron chi connectivity index (χ1n) is 6.74. The van der Waals surface area contributed by atoms with Crippen LogP contribution >= 0.6 is 0 Å². The molecule has 0 fully saturated rings. The predicted octanol–water partition coefficient (Wildman–Crippen LogP) is -5.68. The van der Waals surface area contributed by atoms with E-state index in [-0.39, 0.29) is 25.6 Å². The molecule has 1 aromatic carbocycles. The average Bonchev–Trinajstić information content (AvgIpc) is 2.84. The molecule has 0 saturated carbocycles. The van der Waals surface area contributed by atoms with E-state index >= 15 is 0 Å². The molecule has 0 nitrogen and oxygen atoms in total. The van der Waals surface area contributed by atoms with E-state index in [1.807, 2.05) is 12.1 Å². The maximum atomic E-state index is 6.07. The lowest BCUT2D eigenvalue weighted by Gasteiger charge is -2.24. The Morgan fingerprint density at radius 1 is 0.905 bits per heavy atom. The van der Waals surface area contributed by atoms with E-state index in [4.69, 9.17) is 30.9 Å². The third kappa shape index (κ3) is 5.40. The highest BCUT2D eigenvalue weighted by Crippen LogP contribution is 2.03. The molecule has 15 heteroatoms. The lowest BCUT2D eigenvalue weighted by atomic mass is 8.59. The Kier molecular flexibility index (Phi) is 8.58. The first-order chi connectivity index (χ1) is 9.92. The summed E-state index contributed by atoms with van der Waals surface area (Å²) in [6, 6.07) is 8.14. The Balaban J connectivity index is 0.000000491. The van der Waals surface area contributed by atoms with Crippen molar-refractivity contribution >= 4 is 118 Å². The van der Waals surface area contributed by atoms with E-state index in [0.29, 0.717) is 0 Å². The van der Waals surface area contributed by atoms with Crippen molar-refractivity contribution in [2.75, 3.05) is 0 Å². The topological polar surface area (TPSA) is 0 Å². The fourth-order valence-corrected chi connectivity index (χ4v) is 2.55. The molecule has 21 heavy (non-hydrogen) atoms. The summed E-state index contributed by atoms with van der Waals surface area (Å²) in [6.07, 6.45) is -0.989. The Morgan fingerprint density at radius 2 is 1.43 bits per heavy atom. The number of rotatable bonds is 4. The van der Waals surface area contributed by atoms with Crippen LogP contribution in [0.4, 0.5) is 0 Å². The van der Waals surface area contributed by atoms with Crippen LogP contribution in [0, 0.1) is 0 Å². The molecule has 0 atom stereocenters. The van der Waals surface area contributed by atoms with Crippen molar-refractivity contribution in [1.29, 1.82) is 0 Å². The molecular formula is C6H4B15. The molecular weight excluding hydrogens is 234 g/mol. The monoisotopic (exact) mass is 241 g/mol. The quantitative estimate of drug-likeness (QED) is 0.459. The van der Waals surface area contributed by atoms with Gasteiger partial charge < -0.3 is 0 Å². The molecule has 1 aliphatic heterocycles. The van der Waals surface area contributed by atoms with Gasteiger partial charge in [-0.3, -0.25) is 0 Å². The summed E-state index contributed by atoms with van der Waals surface area (Å²) in [5.41, 5.74) is 2.38. The molecule has 0 saturated heterocycles. The second-order valence-electron chi connectivity index (χ2n) is 5.02. The Morgan fingerprint density at radius 3 is 1.95 bits per heavy atom. The van der Waals surface area contributed by atoms with Gasteiger partial charge in [0.15, 0.2) is 0 Å². The third-order valence-electron chi connectivity index (χ3n) is 3.45. The van der Waals surface area contributed by atoms with Crippen molar-refractivity contribution in [3.63, 3.8) is 0 Å². The van der Waals surface area contributed by atoms with Crippen molar-refractivity contribution in [1.82, 2.24) is 0 Å². The van der Waals surface area contributed by atoms with Gasteiger partial charge in [0.2, 0.25) is 0 Å². The van der Waals surface area contributed by atoms with Gasteiger partial charge in [-0.15, -0.1) is 10.9 Å². The van der Waals surface area contributed by atoms with Gasteiger partial charge in [-0.05, 0) is 0 Å². The van der Waals surface area contributed by atoms with E-state index in [0.717, 1.165) is 0 Å². The molecule has 2 rings (SSSR count). The third-order valence-corrected chi connectivity index (χ3v) is 3.45. The van der Waals surface area contributed by atoms with Crippen LogP contribution in [0.1, 0.15) is 0 Å². The fraction of sp³-hybridized carbons (Fsp3) is 0. The summed E-state index contributed by atoms with van der Waals surface area (Å²) in [7, 11) is 42.4. The van der Waals surface area contributed by atoms with Gasteiger partial charge in [0.25, 0.3) is 0 Å². The van der Waals surface area contributed by atoms with Crippen LogP contribution in [-0.2, 0) is 0 Å². The minimum Gasteiger partial charge on any atom is -0.106 e. The van der Waals surface area contributed by atoms with Crippen molar-refractivity contribution in [2.24, 2.45) is 0 Å². The largest absolute Gasteiger partial charge is 0.106 e. The highest BCUT2D eigenvalue weighted by molar-refractivity contribution is 8.00. The van der Waals surface area contributed by atoms with Crippen molar-refractivity contribution in [3.05, 3.63) is 24.3 Å². The van der Waals surface area contributed by atoms with Crippen LogP contribution in [0.25, 0.3) is 0 Å². The number of benzene rings is 1. The van der Waals surface area contributed by atoms with Crippen LogP contribution in [0.5, 0.6) is 0 Å². The van der Waals surface area contributed by atoms with Gasteiger partial charge in [0.05, 0.1) is 13.7 Å². The van der Waals surface area contributed by atoms with Crippen LogP contribution in [0.2, 0.25) is 0 Å². The molecule has 1 aliphatic rings. The zero-order valence-corrected chi connectivity index (χ0v) is 12.0. The fourth-order valence-electron chi connectivity index (χ4n) is 2.55. The van der Waals surface area contributed by atoms with Gasteiger partial charge >= 0.3 is 0 Å². The summed E-state index contributed by atoms with van der Waals surface area (Å²) in [5.74, 6) is 0. The molecule has 73 valence electrons. The molecule has 0 aromatic heterocycles. The number of hydrogen-bond donors (Lipinski definition) is 0. The number of fused-ring (bicyclic) bond motifs is 1. The highest BCUT2D eigenvalue weighted by Gasteiger charge is 2.41. The normalized spacial score (nSPS) is 11.4. The van der Waals surface area contributed by atoms with E-state index in [1.54, 1.807) is 0 Å². The summed E-state index contributed by atoms with van der Waals surface area (Å²) in [5, 5.41) is 0. The minimum absolute atomic E-state index is 0.103. The maximum absolute atomic E-state index is 6.07. The van der Waals surface area contributed by atoms with Crippen LogP contribution in [0.15, 0.2) is 24.3 Å². The molecule has 0 bridgehead atoms. The van der Waals surface area contributed by atoms with Crippen LogP contribution < -0.4 is 10.9 Å². The SMILES string of the molecule is [B]B([B])[B].[B][B]B([B])B1[B]c2ccccc2B1B([B])[B][B]. The van der Waals surface area contributed by atoms with E-state index in [1.165, 1.54) is 25.0 Å². The summed E-state index contributed by atoms with van der Waals surface area (Å²) < 4.78 is 0. The Hall–Kier alpha value is 0.194. The lowest BCUT2D eigenvalue weighted by molar-refractivity contribution is 1.82. The van der Waals surface area contributed by atoms with E-state index in [2.05, 4.69) is 42.5 Å². The molecule has 0 N–H and O–H groups in total. The molecule has 0 amide bonds. The maximum Gasteiger partial charge on any atom is 0.0960 e. The Bertz CT molecular complexity index is 420. The average molecular weight is 238 g/mol. The van der Waals surface area contributed by atoms with Gasteiger partial charge in [-0.1, -0.05) is 24.3 Å². The second-order valence-corrected chi connectivity index (χ2v) is 5.02. The first-order valence-corrected chi connectivity index (χ1v) is 6.74. The van der Waals surface area contributed by atoms with Gasteiger partial charge in [0, 0.05) is 93.8 Å². The lowest BCUT2D eigenvalue weighted by Crippen LogP contribution is -2.65. The van der Waals surface area contributed by atoms with Crippen molar-refractivity contribution in [2.45, 2.75) is 0 Å². The molecule has 0 aliphatic carbocycles. The zero-order chi connectivity index (χ0) is 16.0. The highest BCUT2D eigenvalue weighted by atomic mass is 13.9. The van der Waals surface area contributed by atoms with Crippen molar-refractivity contribution < 1.29 is 0 Å². The van der Waals surface area contributed by atoms with E-state index < -0.39 is 6.39 Å². The first kappa shape index (κ1) is 19.2. The molecule has 0 unspecified atom stereocenters. The molecule has 1 heterocycles. The van der Waals surface area contributed by atoms with Gasteiger partial charge in [-0.25, -0.2) is 0 Å². The van der Waals surface area contributed by atoms with E-state index in [9.17, 15) is 0 Å². The predicted molar refractivity (Wildman–Crippen MR) is 112 cm³/mol. The standard InChI is InChI=1S/C6H4B11.B4/c7-12-15(9)14-6-4-2-1-3-5(6)11-17(14)16(10)13-8;1-4(2)3/h1-4H;. The van der Waals surface area contributed by atoms with Gasteiger partial charge in [0.1, 0.15) is 0 Å². The summed E-state index contributed by atoms with van der Waals surface area (Å²) in [6.45, 7) is 0.103. The van der Waals surface area contributed by atoms with Crippen LogP contribution in [0.3, 0.4) is 0 Å². The molecule has 0 spiro atoms. The molecule has 1 aromatic rings. The number of hydrogen-bond acceptors (Lipinski definition) is 0. The molecule has 17 radical (unpaired) electrons. The zero-order valence-electron chi connectivity index (χ0n) is 12.0. The smallest absolute Gasteiger partial charge is 0.0960 e. The summed E-state index contributed by atoms with van der Waals surface area (Å²) >= 11 is 0. The minimum atomic E-state index is -0.667. The van der Waals surface area contributed by atoms with Gasteiger partial charge in [-0.2, -0.15) is 0 Å². The second kappa shape index (κ2) is 9.36.